The molecule has 0 amide bonds. The molecule has 0 spiro atoms. The summed E-state index contributed by atoms with van der Waals surface area (Å²) >= 11 is 2.00. The van der Waals surface area contributed by atoms with Crippen LogP contribution in [0.4, 0.5) is 0 Å². The summed E-state index contributed by atoms with van der Waals surface area (Å²) in [5, 5.41) is 3.10. The van der Waals surface area contributed by atoms with Gasteiger partial charge < -0.3 is 0 Å². The maximum absolute atomic E-state index is 2.72. The van der Waals surface area contributed by atoms with E-state index in [0.29, 0.717) is 0 Å². The predicted octanol–water partition coefficient (Wildman–Crippen LogP) is 11.3. The van der Waals surface area contributed by atoms with Gasteiger partial charge in [-0.25, -0.2) is 0 Å². The Bertz CT molecular complexity index is 1380. The van der Waals surface area contributed by atoms with E-state index in [4.69, 9.17) is 0 Å². The number of hydrogen-bond donors (Lipinski definition) is 0. The van der Waals surface area contributed by atoms with E-state index in [1.54, 1.807) is 44.8 Å². The standard InChI is InChI=1S/C28H36GeS4.6CH3.2Sn/c1-5-9-11-19(7-3)17-29(18-20(8-4)12-10-6-2)23-25-21(13-15-30-25)32-27(23)28-24(29)26-22(33-28)14-16-31-26;;;;;;;;/h13-14,19-20H,5-12,17-18H2,1-4H3;6*1H3;;. The van der Waals surface area contributed by atoms with Gasteiger partial charge in [0.1, 0.15) is 0 Å². The van der Waals surface area contributed by atoms with Crippen LogP contribution < -0.4 is 14.6 Å². The van der Waals surface area contributed by atoms with Gasteiger partial charge in [-0.3, -0.25) is 0 Å². The molecule has 0 aromatic carbocycles. The van der Waals surface area contributed by atoms with E-state index >= 15 is 0 Å². The molecule has 1 aliphatic rings. The van der Waals surface area contributed by atoms with Crippen LogP contribution in [0, 0.1) is 11.8 Å². The normalized spacial score (nSPS) is 16.5. The van der Waals surface area contributed by atoms with Crippen molar-refractivity contribution in [2.45, 2.75) is 119 Å². The van der Waals surface area contributed by atoms with Crippen molar-refractivity contribution in [1.82, 2.24) is 0 Å². The topological polar surface area (TPSA) is 0 Å². The van der Waals surface area contributed by atoms with Gasteiger partial charge in [0.2, 0.25) is 0 Å². The van der Waals surface area contributed by atoms with Crippen molar-refractivity contribution in [2.75, 3.05) is 0 Å². The Hall–Kier alpha value is 1.46. The van der Waals surface area contributed by atoms with E-state index < -0.39 is 50.0 Å². The zero-order chi connectivity index (χ0) is 29.7. The molecule has 4 aromatic heterocycles. The van der Waals surface area contributed by atoms with Gasteiger partial charge in [-0.05, 0) is 0 Å². The molecule has 0 aliphatic carbocycles. The molecule has 2 unspecified atom stereocenters. The van der Waals surface area contributed by atoms with Crippen molar-refractivity contribution in [2.24, 2.45) is 11.8 Å². The van der Waals surface area contributed by atoms with Gasteiger partial charge in [-0.2, -0.15) is 0 Å². The van der Waals surface area contributed by atoms with Crippen LogP contribution >= 0.6 is 45.3 Å². The summed E-state index contributed by atoms with van der Waals surface area (Å²) in [6, 6.07) is 5.38. The summed E-state index contributed by atoms with van der Waals surface area (Å²) < 4.78 is 14.5. The maximum atomic E-state index is 2.69. The van der Waals surface area contributed by atoms with E-state index in [2.05, 4.69) is 115 Å². The van der Waals surface area contributed by atoms with Crippen molar-refractivity contribution in [3.05, 3.63) is 12.1 Å². The first kappa shape index (κ1) is 33.8. The fourth-order valence-corrected chi connectivity index (χ4v) is 42.9. The van der Waals surface area contributed by atoms with Crippen LogP contribution in [0.3, 0.4) is 0 Å². The van der Waals surface area contributed by atoms with Crippen molar-refractivity contribution in [1.29, 1.82) is 0 Å². The Morgan fingerprint density at radius 1 is 0.610 bits per heavy atom. The van der Waals surface area contributed by atoms with Gasteiger partial charge in [-0.15, -0.1) is 0 Å². The number of hydrogen-bond acceptors (Lipinski definition) is 4. The summed E-state index contributed by atoms with van der Waals surface area (Å²) in [7, 11) is 0. The second-order valence-corrected chi connectivity index (χ2v) is 58.4. The van der Waals surface area contributed by atoms with Gasteiger partial charge in [0.15, 0.2) is 0 Å². The summed E-state index contributed by atoms with van der Waals surface area (Å²) in [6.45, 7) is 9.83. The molecule has 0 nitrogen and oxygen atoms in total. The zero-order valence-electron chi connectivity index (χ0n) is 27.5. The molecular weight excluding hydrogens is 847 g/mol. The molecule has 4 aromatic rings. The summed E-state index contributed by atoms with van der Waals surface area (Å²) in [5.74, 6) is 1.79. The van der Waals surface area contributed by atoms with Crippen LogP contribution in [0.25, 0.3) is 28.6 Å². The van der Waals surface area contributed by atoms with Crippen molar-refractivity contribution in [3.8, 4) is 9.75 Å². The monoisotopic (exact) mass is 904 g/mol. The Balaban J connectivity index is 1.80. The van der Waals surface area contributed by atoms with Crippen molar-refractivity contribution >= 4 is 129 Å². The van der Waals surface area contributed by atoms with Gasteiger partial charge in [-0.1, -0.05) is 0 Å². The average Bonchev–Trinajstić information content (AvgIpc) is 3.67. The van der Waals surface area contributed by atoms with Crippen LogP contribution in [0.5, 0.6) is 0 Å². The first-order valence-electron chi connectivity index (χ1n) is 16.5. The SMILES string of the molecule is CCCCC(CC)[CH2][Ge]1([CH2]C(CC)CCCC)[c]2c(sc3c[c]([Sn]([CH3])([CH3])[CH3])sc23)-c2sc3c[c]([Sn]([CH3])([CH3])[CH3])sc3[c]21. The molecule has 0 bridgehead atoms. The minimum absolute atomic E-state index is 0.893. The number of rotatable bonds is 14. The first-order valence-corrected chi connectivity index (χ1v) is 44.8. The second kappa shape index (κ2) is 13.3. The number of thiophene rings is 4. The molecule has 226 valence electrons. The quantitative estimate of drug-likeness (QED) is 0.111. The Kier molecular flexibility index (Phi) is 11.0. The van der Waals surface area contributed by atoms with Gasteiger partial charge in [0.25, 0.3) is 0 Å². The van der Waals surface area contributed by atoms with Crippen molar-refractivity contribution < 1.29 is 0 Å². The molecule has 1 aliphatic heterocycles. The molecule has 5 heterocycles. The van der Waals surface area contributed by atoms with Crippen LogP contribution in [-0.4, -0.2) is 50.0 Å². The minimum atomic E-state index is -2.72. The van der Waals surface area contributed by atoms with Crippen LogP contribution in [0.1, 0.15) is 79.1 Å². The predicted molar refractivity (Wildman–Crippen MR) is 206 cm³/mol. The third-order valence-electron chi connectivity index (χ3n) is 9.73. The van der Waals surface area contributed by atoms with Gasteiger partial charge >= 0.3 is 282 Å². The summed E-state index contributed by atoms with van der Waals surface area (Å²) in [5.41, 5.74) is 0. The van der Waals surface area contributed by atoms with Crippen molar-refractivity contribution in [3.63, 3.8) is 0 Å². The van der Waals surface area contributed by atoms with E-state index in [1.165, 1.54) is 51.4 Å². The molecule has 0 saturated heterocycles. The Labute approximate surface area is 278 Å². The van der Waals surface area contributed by atoms with Crippen LogP contribution in [0.15, 0.2) is 12.1 Å². The molecule has 0 fully saturated rings. The average molecular weight is 901 g/mol. The van der Waals surface area contributed by atoms with E-state index in [9.17, 15) is 0 Å². The summed E-state index contributed by atoms with van der Waals surface area (Å²) in [6.07, 6.45) is 11.1. The Morgan fingerprint density at radius 3 is 1.32 bits per heavy atom. The fourth-order valence-electron chi connectivity index (χ4n) is 7.19. The van der Waals surface area contributed by atoms with Crippen LogP contribution in [-0.2, 0) is 0 Å². The molecule has 0 radical (unpaired) electrons. The second-order valence-electron chi connectivity index (χ2n) is 15.0. The third kappa shape index (κ3) is 6.53. The third-order valence-corrected chi connectivity index (χ3v) is 46.6. The molecule has 0 saturated carbocycles. The fraction of sp³-hybridized carbons (Fsp3) is 0.647. The first-order chi connectivity index (χ1) is 19.4. The van der Waals surface area contributed by atoms with E-state index in [-0.39, 0.29) is 0 Å². The molecule has 7 heteroatoms. The van der Waals surface area contributed by atoms with E-state index in [1.807, 2.05) is 8.79 Å². The van der Waals surface area contributed by atoms with Crippen LogP contribution in [0.2, 0.25) is 40.1 Å². The molecule has 41 heavy (non-hydrogen) atoms. The summed E-state index contributed by atoms with van der Waals surface area (Å²) in [4.78, 5) is 19.3. The van der Waals surface area contributed by atoms with Gasteiger partial charge in [0.05, 0.1) is 0 Å². The molecule has 5 rings (SSSR count). The van der Waals surface area contributed by atoms with Gasteiger partial charge in [0, 0.05) is 0 Å². The Morgan fingerprint density at radius 2 is 1.00 bits per heavy atom. The zero-order valence-corrected chi connectivity index (χ0v) is 38.6. The molecular formula is C34H54GeS4Sn2. The molecule has 2 atom stereocenters. The van der Waals surface area contributed by atoms with E-state index in [0.717, 1.165) is 11.8 Å². The number of unbranched alkanes of at least 4 members (excludes halogenated alkanes) is 2. The number of fused-ring (bicyclic) bond motifs is 7. The molecule has 0 N–H and O–H groups in total.